The van der Waals surface area contributed by atoms with Crippen molar-refractivity contribution in [3.63, 3.8) is 0 Å². The maximum Gasteiger partial charge on any atom is 0.137 e. The van der Waals surface area contributed by atoms with Crippen molar-refractivity contribution in [2.75, 3.05) is 0 Å². The third kappa shape index (κ3) is 1.66. The number of hydrogen-bond acceptors (Lipinski definition) is 3. The molecule has 0 aliphatic heterocycles. The number of fused-ring (bicyclic) bond motifs is 1. The predicted molar refractivity (Wildman–Crippen MR) is 82.1 cm³/mol. The molecule has 0 spiro atoms. The molecule has 1 atom stereocenters. The van der Waals surface area contributed by atoms with Gasteiger partial charge in [-0.15, -0.1) is 0 Å². The molecule has 1 aliphatic carbocycles. The highest BCUT2D eigenvalue weighted by atomic mass is 16.3. The summed E-state index contributed by atoms with van der Waals surface area (Å²) in [7, 11) is 0. The van der Waals surface area contributed by atoms with E-state index < -0.39 is 0 Å². The molecule has 1 aromatic carbocycles. The van der Waals surface area contributed by atoms with E-state index in [0.717, 1.165) is 16.7 Å². The summed E-state index contributed by atoms with van der Waals surface area (Å²) in [6.45, 7) is 11.3. The predicted octanol–water partition coefficient (Wildman–Crippen LogP) is 3.93. The average Bonchev–Trinajstić information content (AvgIpc) is 2.72. The number of hydrazine groups is 1. The molecule has 2 aromatic rings. The molecule has 1 saturated carbocycles. The van der Waals surface area contributed by atoms with Gasteiger partial charge in [0.1, 0.15) is 11.3 Å². The minimum Gasteiger partial charge on any atom is -0.459 e. The van der Waals surface area contributed by atoms with Crippen molar-refractivity contribution < 1.29 is 4.42 Å². The van der Waals surface area contributed by atoms with Crippen molar-refractivity contribution in [3.8, 4) is 0 Å². The lowest BCUT2D eigenvalue weighted by atomic mass is 10.0. The van der Waals surface area contributed by atoms with Gasteiger partial charge in [-0.25, -0.2) is 5.43 Å². The Hall–Kier alpha value is -1.32. The molecule has 0 amide bonds. The SMILES string of the molecule is Cc1cccc2cc(C(NN)C3C(C)(C)C3(C)C)oc12. The molecule has 1 unspecified atom stereocenters. The first-order valence-electron chi connectivity index (χ1n) is 7.26. The number of nitrogens with one attached hydrogen (secondary N) is 1. The van der Waals surface area contributed by atoms with Gasteiger partial charge in [-0.3, -0.25) is 5.84 Å². The Morgan fingerprint density at radius 2 is 1.85 bits per heavy atom. The highest BCUT2D eigenvalue weighted by Crippen LogP contribution is 2.72. The average molecular weight is 272 g/mol. The van der Waals surface area contributed by atoms with Crippen LogP contribution in [-0.4, -0.2) is 0 Å². The molecule has 3 N–H and O–H groups in total. The van der Waals surface area contributed by atoms with Crippen LogP contribution in [-0.2, 0) is 0 Å². The van der Waals surface area contributed by atoms with Gasteiger partial charge in [0.25, 0.3) is 0 Å². The van der Waals surface area contributed by atoms with Crippen LogP contribution in [0.5, 0.6) is 0 Å². The second-order valence-electron chi connectivity index (χ2n) is 7.21. The van der Waals surface area contributed by atoms with Crippen LogP contribution >= 0.6 is 0 Å². The fourth-order valence-electron chi connectivity index (χ4n) is 3.81. The molecule has 20 heavy (non-hydrogen) atoms. The van der Waals surface area contributed by atoms with E-state index >= 15 is 0 Å². The van der Waals surface area contributed by atoms with E-state index in [0.29, 0.717) is 5.92 Å². The summed E-state index contributed by atoms with van der Waals surface area (Å²) in [4.78, 5) is 0. The number of nitrogens with two attached hydrogens (primary N) is 1. The smallest absolute Gasteiger partial charge is 0.137 e. The Balaban J connectivity index is 2.03. The molecule has 1 heterocycles. The summed E-state index contributed by atoms with van der Waals surface area (Å²) in [6, 6.07) is 8.41. The van der Waals surface area contributed by atoms with E-state index in [2.05, 4.69) is 64.3 Å². The van der Waals surface area contributed by atoms with Gasteiger partial charge < -0.3 is 4.42 Å². The first-order valence-corrected chi connectivity index (χ1v) is 7.26. The van der Waals surface area contributed by atoms with E-state index in [1.54, 1.807) is 0 Å². The van der Waals surface area contributed by atoms with Gasteiger partial charge in [-0.2, -0.15) is 0 Å². The number of furan rings is 1. The van der Waals surface area contributed by atoms with Crippen LogP contribution in [0.1, 0.15) is 45.1 Å². The van der Waals surface area contributed by atoms with Crippen molar-refractivity contribution in [1.29, 1.82) is 0 Å². The number of aryl methyl sites for hydroxylation is 1. The fraction of sp³-hybridized carbons (Fsp3) is 0.529. The summed E-state index contributed by atoms with van der Waals surface area (Å²) < 4.78 is 6.10. The van der Waals surface area contributed by atoms with E-state index in [9.17, 15) is 0 Å². The highest BCUT2D eigenvalue weighted by molar-refractivity contribution is 5.81. The van der Waals surface area contributed by atoms with Crippen molar-refractivity contribution in [1.82, 2.24) is 5.43 Å². The first kappa shape index (κ1) is 13.7. The molecule has 1 aliphatic rings. The summed E-state index contributed by atoms with van der Waals surface area (Å²) in [5.74, 6) is 7.26. The van der Waals surface area contributed by atoms with E-state index in [1.807, 2.05) is 0 Å². The monoisotopic (exact) mass is 272 g/mol. The van der Waals surface area contributed by atoms with Gasteiger partial charge in [-0.1, -0.05) is 45.9 Å². The molecule has 108 valence electrons. The van der Waals surface area contributed by atoms with Gasteiger partial charge in [0, 0.05) is 5.39 Å². The Labute approximate surface area is 120 Å². The Morgan fingerprint density at radius 3 is 2.35 bits per heavy atom. The third-order valence-corrected chi connectivity index (χ3v) is 5.71. The van der Waals surface area contributed by atoms with Gasteiger partial charge in [0.2, 0.25) is 0 Å². The molecule has 1 aromatic heterocycles. The molecule has 0 bridgehead atoms. The molecule has 0 saturated heterocycles. The zero-order valence-electron chi connectivity index (χ0n) is 12.9. The maximum absolute atomic E-state index is 6.10. The minimum atomic E-state index is 0.0619. The molecule has 3 heteroatoms. The van der Waals surface area contributed by atoms with Crippen LogP contribution in [0.3, 0.4) is 0 Å². The molecular weight excluding hydrogens is 248 g/mol. The van der Waals surface area contributed by atoms with Crippen LogP contribution < -0.4 is 11.3 Å². The molecule has 3 rings (SSSR count). The quantitative estimate of drug-likeness (QED) is 0.657. The fourth-order valence-corrected chi connectivity index (χ4v) is 3.81. The van der Waals surface area contributed by atoms with Gasteiger partial charge in [0.05, 0.1) is 6.04 Å². The zero-order chi connectivity index (χ0) is 14.7. The topological polar surface area (TPSA) is 51.2 Å². The van der Waals surface area contributed by atoms with E-state index in [-0.39, 0.29) is 16.9 Å². The van der Waals surface area contributed by atoms with Crippen LogP contribution in [0.25, 0.3) is 11.0 Å². The maximum atomic E-state index is 6.10. The Kier molecular flexibility index (Phi) is 2.79. The second-order valence-corrected chi connectivity index (χ2v) is 7.21. The normalized spacial score (nSPS) is 22.1. The first-order chi connectivity index (χ1) is 9.30. The number of benzene rings is 1. The number of rotatable bonds is 3. The summed E-state index contributed by atoms with van der Waals surface area (Å²) in [5, 5.41) is 1.15. The lowest BCUT2D eigenvalue weighted by Gasteiger charge is -2.15. The summed E-state index contributed by atoms with van der Waals surface area (Å²) in [5.41, 5.74) is 5.64. The number of para-hydroxylation sites is 1. The van der Waals surface area contributed by atoms with Gasteiger partial charge >= 0.3 is 0 Å². The standard InChI is InChI=1S/C17H24N2O/c1-10-7-6-8-11-9-12(20-14(10)11)13(19-18)15-16(2,3)17(15,4)5/h6-9,13,15,19H,18H2,1-5H3. The lowest BCUT2D eigenvalue weighted by molar-refractivity contribution is 0.355. The zero-order valence-corrected chi connectivity index (χ0v) is 12.9. The molecule has 3 nitrogen and oxygen atoms in total. The molecule has 1 fully saturated rings. The third-order valence-electron chi connectivity index (χ3n) is 5.71. The largest absolute Gasteiger partial charge is 0.459 e. The molecule has 0 radical (unpaired) electrons. The van der Waals surface area contributed by atoms with Gasteiger partial charge in [-0.05, 0) is 35.3 Å². The van der Waals surface area contributed by atoms with Crippen LogP contribution in [0.4, 0.5) is 0 Å². The van der Waals surface area contributed by atoms with Gasteiger partial charge in [0.15, 0.2) is 0 Å². The van der Waals surface area contributed by atoms with E-state index in [4.69, 9.17) is 10.3 Å². The van der Waals surface area contributed by atoms with Crippen LogP contribution in [0, 0.1) is 23.7 Å². The minimum absolute atomic E-state index is 0.0619. The van der Waals surface area contributed by atoms with Crippen LogP contribution in [0.2, 0.25) is 0 Å². The Bertz CT molecular complexity index is 640. The van der Waals surface area contributed by atoms with E-state index in [1.165, 1.54) is 5.56 Å². The molecular formula is C17H24N2O. The summed E-state index contributed by atoms with van der Waals surface area (Å²) >= 11 is 0. The van der Waals surface area contributed by atoms with Crippen molar-refractivity contribution in [2.45, 2.75) is 40.7 Å². The number of hydrogen-bond donors (Lipinski definition) is 2. The summed E-state index contributed by atoms with van der Waals surface area (Å²) in [6.07, 6.45) is 0. The van der Waals surface area contributed by atoms with Crippen LogP contribution in [0.15, 0.2) is 28.7 Å². The van der Waals surface area contributed by atoms with Crippen molar-refractivity contribution in [2.24, 2.45) is 22.6 Å². The second kappa shape index (κ2) is 4.09. The Morgan fingerprint density at radius 1 is 1.20 bits per heavy atom. The van der Waals surface area contributed by atoms with Crippen molar-refractivity contribution >= 4 is 11.0 Å². The van der Waals surface area contributed by atoms with Crippen molar-refractivity contribution in [3.05, 3.63) is 35.6 Å². The highest BCUT2D eigenvalue weighted by Gasteiger charge is 2.67. The lowest BCUT2D eigenvalue weighted by Crippen LogP contribution is -2.31.